The minimum absolute atomic E-state index is 0.0198. The summed E-state index contributed by atoms with van der Waals surface area (Å²) >= 11 is 1.20. The van der Waals surface area contributed by atoms with Crippen molar-refractivity contribution in [1.82, 2.24) is 10.2 Å². The number of carbonyl (C=O) groups is 2. The van der Waals surface area contributed by atoms with Crippen LogP contribution in [0.25, 0.3) is 0 Å². The van der Waals surface area contributed by atoms with Crippen LogP contribution in [0.3, 0.4) is 0 Å². The summed E-state index contributed by atoms with van der Waals surface area (Å²) in [6, 6.07) is 5.70. The molecular weight excluding hydrogens is 376 g/mol. The Morgan fingerprint density at radius 1 is 1.42 bits per heavy atom. The van der Waals surface area contributed by atoms with Crippen molar-refractivity contribution in [3.05, 3.63) is 36.9 Å². The molecule has 2 rings (SSSR count). The molecule has 0 bridgehead atoms. The van der Waals surface area contributed by atoms with Crippen molar-refractivity contribution in [2.45, 2.75) is 23.5 Å². The Balaban J connectivity index is 2.24. The van der Waals surface area contributed by atoms with Crippen molar-refractivity contribution in [2.75, 3.05) is 13.1 Å². The number of aliphatic imine (C=N–C) groups is 1. The Labute approximate surface area is 156 Å². The molecule has 1 atom stereocenters. The number of rotatable bonds is 7. The first kappa shape index (κ1) is 20.1. The number of carbonyl (C=O) groups excluding carboxylic acids is 2. The molecule has 1 aromatic carbocycles. The highest BCUT2D eigenvalue weighted by Crippen LogP contribution is 2.31. The number of sulfonamides is 1. The van der Waals surface area contributed by atoms with E-state index in [-0.39, 0.29) is 29.7 Å². The van der Waals surface area contributed by atoms with Gasteiger partial charge in [0.15, 0.2) is 5.17 Å². The number of thioether (sulfide) groups is 1. The molecule has 3 N–H and O–H groups in total. The third kappa shape index (κ3) is 4.93. The van der Waals surface area contributed by atoms with Gasteiger partial charge in [-0.25, -0.2) is 18.5 Å². The predicted octanol–water partition coefficient (Wildman–Crippen LogP) is 0.978. The summed E-state index contributed by atoms with van der Waals surface area (Å²) < 4.78 is 22.6. The molecule has 1 fully saturated rings. The number of nitrogens with zero attached hydrogens (tertiary/aromatic N) is 2. The second-order valence-corrected chi connectivity index (χ2v) is 8.17. The van der Waals surface area contributed by atoms with E-state index in [1.54, 1.807) is 6.08 Å². The van der Waals surface area contributed by atoms with Crippen LogP contribution in [0.4, 0.5) is 5.69 Å². The Morgan fingerprint density at radius 2 is 2.08 bits per heavy atom. The molecule has 1 heterocycles. The van der Waals surface area contributed by atoms with Crippen LogP contribution >= 0.6 is 11.8 Å². The SMILES string of the molecule is C=CCN1C(=O)[C@@H](CC(=O)NCC)SC1=Nc1ccc(S(N)(=O)=O)cc1. The quantitative estimate of drug-likeness (QED) is 0.665. The lowest BCUT2D eigenvalue weighted by molar-refractivity contribution is -0.129. The van der Waals surface area contributed by atoms with Crippen LogP contribution in [0.15, 0.2) is 46.8 Å². The molecule has 26 heavy (non-hydrogen) atoms. The van der Waals surface area contributed by atoms with Crippen LogP contribution in [0, 0.1) is 0 Å². The molecule has 0 spiro atoms. The summed E-state index contributed by atoms with van der Waals surface area (Å²) in [5.74, 6) is -0.406. The van der Waals surface area contributed by atoms with Crippen molar-refractivity contribution < 1.29 is 18.0 Å². The molecule has 0 unspecified atom stereocenters. The molecular formula is C16H20N4O4S2. The molecule has 8 nitrogen and oxygen atoms in total. The number of hydrogen-bond donors (Lipinski definition) is 2. The zero-order chi connectivity index (χ0) is 19.3. The van der Waals surface area contributed by atoms with Crippen LogP contribution in [0.1, 0.15) is 13.3 Å². The summed E-state index contributed by atoms with van der Waals surface area (Å²) in [5.41, 5.74) is 0.473. The second kappa shape index (κ2) is 8.47. The minimum Gasteiger partial charge on any atom is -0.356 e. The summed E-state index contributed by atoms with van der Waals surface area (Å²) in [6.07, 6.45) is 1.64. The molecule has 140 valence electrons. The van der Waals surface area contributed by atoms with Gasteiger partial charge >= 0.3 is 0 Å². The van der Waals surface area contributed by atoms with Gasteiger partial charge in [0.25, 0.3) is 0 Å². The number of primary sulfonamides is 1. The van der Waals surface area contributed by atoms with Gasteiger partial charge in [0, 0.05) is 19.5 Å². The van der Waals surface area contributed by atoms with Crippen LogP contribution in [0.5, 0.6) is 0 Å². The lowest BCUT2D eigenvalue weighted by atomic mass is 10.2. The van der Waals surface area contributed by atoms with Gasteiger partial charge < -0.3 is 5.32 Å². The maximum absolute atomic E-state index is 12.5. The number of hydrogen-bond acceptors (Lipinski definition) is 6. The molecule has 2 amide bonds. The van der Waals surface area contributed by atoms with E-state index >= 15 is 0 Å². The fourth-order valence-electron chi connectivity index (χ4n) is 2.28. The van der Waals surface area contributed by atoms with Crippen LogP contribution in [-0.4, -0.2) is 48.6 Å². The van der Waals surface area contributed by atoms with E-state index in [0.717, 1.165) is 0 Å². The second-order valence-electron chi connectivity index (χ2n) is 5.43. The highest BCUT2D eigenvalue weighted by Gasteiger charge is 2.38. The van der Waals surface area contributed by atoms with Crippen molar-refractivity contribution in [3.63, 3.8) is 0 Å². The first-order valence-corrected chi connectivity index (χ1v) is 10.3. The standard InChI is InChI=1S/C16H20N4O4S2/c1-3-9-20-15(22)13(10-14(21)18-4-2)25-16(20)19-11-5-7-12(8-6-11)26(17,23)24/h3,5-8,13H,1,4,9-10H2,2H3,(H,18,21)(H2,17,23,24)/t13-/m1/s1. The number of nitrogens with one attached hydrogen (secondary N) is 1. The highest BCUT2D eigenvalue weighted by molar-refractivity contribution is 8.15. The van der Waals surface area contributed by atoms with Gasteiger partial charge in [0.2, 0.25) is 21.8 Å². The molecule has 1 aromatic rings. The summed E-state index contributed by atoms with van der Waals surface area (Å²) in [4.78, 5) is 30.1. The fourth-order valence-corrected chi connectivity index (χ4v) is 3.96. The first-order valence-electron chi connectivity index (χ1n) is 7.83. The molecule has 1 aliphatic heterocycles. The van der Waals surface area contributed by atoms with Crippen LogP contribution in [0.2, 0.25) is 0 Å². The largest absolute Gasteiger partial charge is 0.356 e. The van der Waals surface area contributed by atoms with Gasteiger partial charge in [-0.1, -0.05) is 17.8 Å². The molecule has 10 heteroatoms. The van der Waals surface area contributed by atoms with E-state index in [4.69, 9.17) is 5.14 Å². The summed E-state index contributed by atoms with van der Waals surface area (Å²) in [7, 11) is -3.78. The Morgan fingerprint density at radius 3 is 2.62 bits per heavy atom. The lowest BCUT2D eigenvalue weighted by Crippen LogP contribution is -2.34. The summed E-state index contributed by atoms with van der Waals surface area (Å²) in [6.45, 7) is 6.21. The number of benzene rings is 1. The van der Waals surface area contributed by atoms with E-state index < -0.39 is 15.3 Å². The van der Waals surface area contributed by atoms with Gasteiger partial charge in [-0.15, -0.1) is 6.58 Å². The highest BCUT2D eigenvalue weighted by atomic mass is 32.2. The minimum atomic E-state index is -3.78. The van der Waals surface area contributed by atoms with E-state index in [1.807, 2.05) is 6.92 Å². The third-order valence-corrected chi connectivity index (χ3v) is 5.57. The Hall–Kier alpha value is -2.17. The van der Waals surface area contributed by atoms with E-state index in [2.05, 4.69) is 16.9 Å². The lowest BCUT2D eigenvalue weighted by Gasteiger charge is -2.13. The van der Waals surface area contributed by atoms with Crippen LogP contribution < -0.4 is 10.5 Å². The van der Waals surface area contributed by atoms with Crippen molar-refractivity contribution in [1.29, 1.82) is 0 Å². The van der Waals surface area contributed by atoms with Gasteiger partial charge in [0.1, 0.15) is 5.25 Å². The molecule has 0 radical (unpaired) electrons. The number of amides is 2. The summed E-state index contributed by atoms with van der Waals surface area (Å²) in [5, 5.41) is 7.63. The molecule has 0 saturated carbocycles. The topological polar surface area (TPSA) is 122 Å². The van der Waals surface area contributed by atoms with Crippen molar-refractivity contribution in [3.8, 4) is 0 Å². The molecule has 0 aliphatic carbocycles. The van der Waals surface area contributed by atoms with E-state index in [0.29, 0.717) is 17.4 Å². The van der Waals surface area contributed by atoms with E-state index in [1.165, 1.54) is 40.9 Å². The zero-order valence-electron chi connectivity index (χ0n) is 14.2. The fraction of sp³-hybridized carbons (Fsp3) is 0.312. The Kier molecular flexibility index (Phi) is 6.57. The molecule has 0 aromatic heterocycles. The Bertz CT molecular complexity index is 834. The average molecular weight is 396 g/mol. The normalized spacial score (nSPS) is 19.0. The monoisotopic (exact) mass is 396 g/mol. The number of amidine groups is 1. The van der Waals surface area contributed by atoms with E-state index in [9.17, 15) is 18.0 Å². The zero-order valence-corrected chi connectivity index (χ0v) is 15.8. The molecule has 1 saturated heterocycles. The average Bonchev–Trinajstić information content (AvgIpc) is 2.84. The number of nitrogens with two attached hydrogens (primary N) is 1. The maximum atomic E-state index is 12.5. The smallest absolute Gasteiger partial charge is 0.242 e. The third-order valence-electron chi connectivity index (χ3n) is 3.47. The van der Waals surface area contributed by atoms with Crippen LogP contribution in [-0.2, 0) is 19.6 Å². The van der Waals surface area contributed by atoms with Gasteiger partial charge in [0.05, 0.1) is 10.6 Å². The predicted molar refractivity (Wildman–Crippen MR) is 101 cm³/mol. The van der Waals surface area contributed by atoms with Crippen molar-refractivity contribution >= 4 is 44.5 Å². The van der Waals surface area contributed by atoms with Gasteiger partial charge in [-0.3, -0.25) is 14.5 Å². The maximum Gasteiger partial charge on any atom is 0.242 e. The first-order chi connectivity index (χ1) is 12.3. The van der Waals surface area contributed by atoms with Gasteiger partial charge in [-0.05, 0) is 31.2 Å². The molecule has 1 aliphatic rings. The van der Waals surface area contributed by atoms with Crippen molar-refractivity contribution in [2.24, 2.45) is 10.1 Å². The van der Waals surface area contributed by atoms with Gasteiger partial charge in [-0.2, -0.15) is 0 Å².